The van der Waals surface area contributed by atoms with E-state index >= 15 is 0 Å². The number of carbonyl (C=O) groups excluding carboxylic acids is 2. The summed E-state index contributed by atoms with van der Waals surface area (Å²) in [5.74, 6) is -0.0688. The maximum atomic E-state index is 13.2. The number of ketones is 1. The molecule has 7 heteroatoms. The Kier molecular flexibility index (Phi) is 8.93. The average Bonchev–Trinajstić information content (AvgIpc) is 3.07. The van der Waals surface area contributed by atoms with Gasteiger partial charge in [0.1, 0.15) is 17.3 Å². The minimum absolute atomic E-state index is 0.0294. The molecule has 1 atom stereocenters. The Hall–Kier alpha value is -3.32. The maximum absolute atomic E-state index is 13.2. The van der Waals surface area contributed by atoms with Crippen LogP contribution < -0.4 is 9.47 Å². The molecule has 1 aliphatic heterocycles. The number of hydrogen-bond acceptors (Lipinski definition) is 6. The minimum Gasteiger partial charge on any atom is -0.507 e. The zero-order chi connectivity index (χ0) is 25.5. The zero-order valence-corrected chi connectivity index (χ0v) is 21.3. The summed E-state index contributed by atoms with van der Waals surface area (Å²) < 4.78 is 11.4. The van der Waals surface area contributed by atoms with E-state index in [2.05, 4.69) is 0 Å². The van der Waals surface area contributed by atoms with Crippen molar-refractivity contribution >= 4 is 17.4 Å². The fourth-order valence-corrected chi connectivity index (χ4v) is 4.10. The molecule has 7 nitrogen and oxygen atoms in total. The Morgan fingerprint density at radius 1 is 1.03 bits per heavy atom. The fourth-order valence-electron chi connectivity index (χ4n) is 4.10. The lowest BCUT2D eigenvalue weighted by Crippen LogP contribution is -2.32. The molecule has 0 radical (unpaired) electrons. The van der Waals surface area contributed by atoms with E-state index in [0.717, 1.165) is 18.5 Å². The minimum atomic E-state index is -0.679. The Labute approximate surface area is 207 Å². The summed E-state index contributed by atoms with van der Waals surface area (Å²) in [6.07, 6.45) is 1.62. The summed E-state index contributed by atoms with van der Waals surface area (Å²) in [6, 6.07) is 13.6. The molecule has 0 aromatic heterocycles. The number of aliphatic hydroxyl groups is 1. The second kappa shape index (κ2) is 11.9. The predicted molar refractivity (Wildman–Crippen MR) is 137 cm³/mol. The van der Waals surface area contributed by atoms with Gasteiger partial charge in [-0.2, -0.15) is 0 Å². The van der Waals surface area contributed by atoms with E-state index in [0.29, 0.717) is 36.6 Å². The number of amides is 1. The summed E-state index contributed by atoms with van der Waals surface area (Å²) in [6.45, 7) is 7.70. The van der Waals surface area contributed by atoms with Crippen LogP contribution in [0.5, 0.6) is 11.5 Å². The fraction of sp³-hybridized carbons (Fsp3) is 0.429. The van der Waals surface area contributed by atoms with Crippen molar-refractivity contribution in [2.75, 3.05) is 33.8 Å². The van der Waals surface area contributed by atoms with E-state index in [1.165, 1.54) is 0 Å². The lowest BCUT2D eigenvalue weighted by molar-refractivity contribution is -0.139. The van der Waals surface area contributed by atoms with Crippen LogP contribution in [0.2, 0.25) is 0 Å². The van der Waals surface area contributed by atoms with Crippen LogP contribution in [0, 0.1) is 0 Å². The molecule has 0 saturated carbocycles. The van der Waals surface area contributed by atoms with Crippen LogP contribution in [0.25, 0.3) is 5.76 Å². The molecule has 0 unspecified atom stereocenters. The highest BCUT2D eigenvalue weighted by Gasteiger charge is 2.45. The van der Waals surface area contributed by atoms with Gasteiger partial charge in [0.2, 0.25) is 0 Å². The number of rotatable bonds is 11. The third-order valence-electron chi connectivity index (χ3n) is 5.71. The van der Waals surface area contributed by atoms with Crippen molar-refractivity contribution in [3.8, 4) is 11.5 Å². The molecule has 35 heavy (non-hydrogen) atoms. The van der Waals surface area contributed by atoms with Gasteiger partial charge in [0, 0.05) is 12.1 Å². The molecule has 0 aliphatic carbocycles. The van der Waals surface area contributed by atoms with Gasteiger partial charge < -0.3 is 24.4 Å². The highest BCUT2D eigenvalue weighted by atomic mass is 16.5. The summed E-state index contributed by atoms with van der Waals surface area (Å²) in [5.41, 5.74) is 1.30. The number of nitrogens with zero attached hydrogens (tertiary/aromatic N) is 2. The molecule has 1 saturated heterocycles. The smallest absolute Gasteiger partial charge is 0.295 e. The Balaban J connectivity index is 2.01. The standard InChI is InChI=1S/C28H36N2O5/c1-6-18-34-22-12-10-21(11-13-22)26(31)24-25(20-8-14-23(15-9-20)35-19(2)3)30(28(33)27(24)32)17-7-16-29(4)5/h8-15,19,25,31H,6-7,16-18H2,1-5H3/b26-24+/t25-/m0/s1. The molecule has 1 heterocycles. The molecule has 1 N–H and O–H groups in total. The van der Waals surface area contributed by atoms with Crippen molar-refractivity contribution in [3.05, 3.63) is 65.2 Å². The topological polar surface area (TPSA) is 79.3 Å². The summed E-state index contributed by atoms with van der Waals surface area (Å²) in [7, 11) is 3.93. The van der Waals surface area contributed by atoms with Crippen molar-refractivity contribution in [3.63, 3.8) is 0 Å². The first-order chi connectivity index (χ1) is 16.7. The van der Waals surface area contributed by atoms with Crippen LogP contribution in [-0.2, 0) is 9.59 Å². The molecular weight excluding hydrogens is 444 g/mol. The Morgan fingerprint density at radius 3 is 2.23 bits per heavy atom. The molecule has 188 valence electrons. The largest absolute Gasteiger partial charge is 0.507 e. The van der Waals surface area contributed by atoms with Gasteiger partial charge in [-0.05, 0) is 89.3 Å². The average molecular weight is 481 g/mol. The van der Waals surface area contributed by atoms with E-state index in [9.17, 15) is 14.7 Å². The second-order valence-electron chi connectivity index (χ2n) is 9.26. The third-order valence-corrected chi connectivity index (χ3v) is 5.71. The SMILES string of the molecule is CCCOc1ccc(/C(O)=C2\C(=O)C(=O)N(CCCN(C)C)[C@H]2c2ccc(OC(C)C)cc2)cc1. The van der Waals surface area contributed by atoms with Crippen LogP contribution >= 0.6 is 0 Å². The molecule has 0 bridgehead atoms. The summed E-state index contributed by atoms with van der Waals surface area (Å²) in [5, 5.41) is 11.2. The first-order valence-electron chi connectivity index (χ1n) is 12.2. The van der Waals surface area contributed by atoms with Gasteiger partial charge >= 0.3 is 0 Å². The molecule has 1 amide bonds. The highest BCUT2D eigenvalue weighted by Crippen LogP contribution is 2.40. The monoisotopic (exact) mass is 480 g/mol. The molecule has 2 aromatic carbocycles. The molecular formula is C28H36N2O5. The van der Waals surface area contributed by atoms with Gasteiger partial charge in [0.25, 0.3) is 11.7 Å². The maximum Gasteiger partial charge on any atom is 0.295 e. The highest BCUT2D eigenvalue weighted by molar-refractivity contribution is 6.46. The second-order valence-corrected chi connectivity index (χ2v) is 9.26. The Bertz CT molecular complexity index is 1040. The number of benzene rings is 2. The first kappa shape index (κ1) is 26.3. The molecule has 1 fully saturated rings. The van der Waals surface area contributed by atoms with Crippen LogP contribution in [-0.4, -0.2) is 66.5 Å². The Morgan fingerprint density at radius 2 is 1.66 bits per heavy atom. The van der Waals surface area contributed by atoms with Crippen LogP contribution in [0.15, 0.2) is 54.1 Å². The van der Waals surface area contributed by atoms with E-state index in [4.69, 9.17) is 9.47 Å². The van der Waals surface area contributed by atoms with E-state index in [1.54, 1.807) is 29.2 Å². The van der Waals surface area contributed by atoms with E-state index < -0.39 is 17.7 Å². The third kappa shape index (κ3) is 6.42. The van der Waals surface area contributed by atoms with Crippen molar-refractivity contribution in [2.24, 2.45) is 0 Å². The van der Waals surface area contributed by atoms with Gasteiger partial charge in [-0.1, -0.05) is 19.1 Å². The zero-order valence-electron chi connectivity index (χ0n) is 21.3. The number of ether oxygens (including phenoxy) is 2. The van der Waals surface area contributed by atoms with E-state index in [-0.39, 0.29) is 17.4 Å². The molecule has 2 aromatic rings. The van der Waals surface area contributed by atoms with Crippen molar-refractivity contribution in [1.29, 1.82) is 0 Å². The van der Waals surface area contributed by atoms with Crippen molar-refractivity contribution in [1.82, 2.24) is 9.80 Å². The summed E-state index contributed by atoms with van der Waals surface area (Å²) in [4.78, 5) is 29.8. The van der Waals surface area contributed by atoms with Crippen LogP contribution in [0.4, 0.5) is 0 Å². The van der Waals surface area contributed by atoms with Gasteiger partial charge in [0.05, 0.1) is 24.3 Å². The molecule has 1 aliphatic rings. The number of carbonyl (C=O) groups is 2. The lowest BCUT2D eigenvalue weighted by atomic mass is 9.95. The molecule has 0 spiro atoms. The van der Waals surface area contributed by atoms with Gasteiger partial charge in [-0.3, -0.25) is 9.59 Å². The first-order valence-corrected chi connectivity index (χ1v) is 12.2. The number of Topliss-reactive ketones (excluding diaryl/α,β-unsaturated/α-hetero) is 1. The quantitative estimate of drug-likeness (QED) is 0.287. The lowest BCUT2D eigenvalue weighted by Gasteiger charge is -2.26. The van der Waals surface area contributed by atoms with E-state index in [1.807, 2.05) is 64.0 Å². The number of likely N-dealkylation sites (tertiary alicyclic amines) is 1. The molecule has 3 rings (SSSR count). The van der Waals surface area contributed by atoms with Crippen molar-refractivity contribution in [2.45, 2.75) is 45.8 Å². The van der Waals surface area contributed by atoms with Crippen LogP contribution in [0.3, 0.4) is 0 Å². The van der Waals surface area contributed by atoms with Gasteiger partial charge in [0.15, 0.2) is 0 Å². The summed E-state index contributed by atoms with van der Waals surface area (Å²) >= 11 is 0. The number of aliphatic hydroxyl groups excluding tert-OH is 1. The van der Waals surface area contributed by atoms with Crippen molar-refractivity contribution < 1.29 is 24.2 Å². The van der Waals surface area contributed by atoms with Gasteiger partial charge in [-0.15, -0.1) is 0 Å². The van der Waals surface area contributed by atoms with Crippen LogP contribution in [0.1, 0.15) is 50.8 Å². The normalized spacial score (nSPS) is 17.5. The van der Waals surface area contributed by atoms with Gasteiger partial charge in [-0.25, -0.2) is 0 Å². The predicted octanol–water partition coefficient (Wildman–Crippen LogP) is 4.64. The number of hydrogen-bond donors (Lipinski definition) is 1.